The third-order valence-corrected chi connectivity index (χ3v) is 2.62. The van der Waals surface area contributed by atoms with E-state index in [1.165, 1.54) is 0 Å². The second-order valence-electron chi connectivity index (χ2n) is 4.01. The lowest BCUT2D eigenvalue weighted by molar-refractivity contribution is 0.101. The van der Waals surface area contributed by atoms with Gasteiger partial charge in [0.1, 0.15) is 12.4 Å². The van der Waals surface area contributed by atoms with Crippen LogP contribution in [0.15, 0.2) is 30.5 Å². The van der Waals surface area contributed by atoms with Gasteiger partial charge in [-0.15, -0.1) is 0 Å². The van der Waals surface area contributed by atoms with Crippen LogP contribution in [-0.4, -0.2) is 24.8 Å². The van der Waals surface area contributed by atoms with E-state index in [9.17, 15) is 0 Å². The van der Waals surface area contributed by atoms with E-state index < -0.39 is 0 Å². The molecule has 0 fully saturated rings. The fraction of sp³-hybridized carbons (Fsp3) is 0.357. The molecule has 96 valence electrons. The van der Waals surface area contributed by atoms with E-state index in [0.29, 0.717) is 24.7 Å². The fourth-order valence-electron chi connectivity index (χ4n) is 1.74. The molecular formula is C14H18N2O2. The Balaban J connectivity index is 2.03. The molecule has 0 aliphatic heterocycles. The number of pyridine rings is 1. The van der Waals surface area contributed by atoms with E-state index >= 15 is 0 Å². The van der Waals surface area contributed by atoms with Crippen molar-refractivity contribution in [2.75, 3.05) is 25.6 Å². The molecule has 4 heteroatoms. The normalized spacial score (nSPS) is 10.7. The highest BCUT2D eigenvalue weighted by molar-refractivity contribution is 5.93. The monoisotopic (exact) mass is 246 g/mol. The van der Waals surface area contributed by atoms with Crippen molar-refractivity contribution in [2.45, 2.75) is 13.3 Å². The van der Waals surface area contributed by atoms with Crippen LogP contribution in [-0.2, 0) is 4.74 Å². The lowest BCUT2D eigenvalue weighted by Gasteiger charge is -2.10. The van der Waals surface area contributed by atoms with Crippen LogP contribution in [0.2, 0.25) is 0 Å². The van der Waals surface area contributed by atoms with Crippen LogP contribution in [0.3, 0.4) is 0 Å². The number of aromatic nitrogens is 1. The molecule has 0 saturated heterocycles. The minimum absolute atomic E-state index is 0.510. The molecule has 1 heterocycles. The molecule has 4 nitrogen and oxygen atoms in total. The second kappa shape index (κ2) is 6.21. The van der Waals surface area contributed by atoms with Crippen LogP contribution in [0, 0.1) is 0 Å². The van der Waals surface area contributed by atoms with Gasteiger partial charge in [0.05, 0.1) is 17.8 Å². The summed E-state index contributed by atoms with van der Waals surface area (Å²) in [5.74, 6) is 0.690. The van der Waals surface area contributed by atoms with Gasteiger partial charge >= 0.3 is 0 Å². The van der Waals surface area contributed by atoms with Crippen molar-refractivity contribution in [3.05, 3.63) is 30.5 Å². The number of ether oxygens (including phenoxy) is 2. The van der Waals surface area contributed by atoms with Gasteiger partial charge in [0.15, 0.2) is 0 Å². The van der Waals surface area contributed by atoms with Gasteiger partial charge in [-0.05, 0) is 30.7 Å². The standard InChI is InChI=1S/C14H18N2O2/c1-2-8-17-9-10-18-13-6-5-12-11(14(13)15)4-3-7-16-12/h3-7H,2,8-10,15H2,1H3. The molecule has 0 amide bonds. The Bertz CT molecular complexity index is 514. The zero-order valence-corrected chi connectivity index (χ0v) is 10.6. The Morgan fingerprint density at radius 1 is 1.17 bits per heavy atom. The van der Waals surface area contributed by atoms with E-state index in [-0.39, 0.29) is 0 Å². The van der Waals surface area contributed by atoms with Crippen molar-refractivity contribution in [3.8, 4) is 5.75 Å². The molecule has 18 heavy (non-hydrogen) atoms. The van der Waals surface area contributed by atoms with Gasteiger partial charge < -0.3 is 15.2 Å². The van der Waals surface area contributed by atoms with Crippen LogP contribution < -0.4 is 10.5 Å². The van der Waals surface area contributed by atoms with Crippen LogP contribution in [0.5, 0.6) is 5.75 Å². The average molecular weight is 246 g/mol. The molecule has 0 radical (unpaired) electrons. The van der Waals surface area contributed by atoms with Gasteiger partial charge in [-0.3, -0.25) is 4.98 Å². The summed E-state index contributed by atoms with van der Waals surface area (Å²) < 4.78 is 11.0. The van der Waals surface area contributed by atoms with Crippen molar-refractivity contribution in [3.63, 3.8) is 0 Å². The van der Waals surface area contributed by atoms with Crippen LogP contribution >= 0.6 is 0 Å². The van der Waals surface area contributed by atoms with Crippen molar-refractivity contribution in [1.29, 1.82) is 0 Å². The summed E-state index contributed by atoms with van der Waals surface area (Å²) >= 11 is 0. The molecule has 1 aromatic heterocycles. The number of hydrogen-bond donors (Lipinski definition) is 1. The van der Waals surface area contributed by atoms with Gasteiger partial charge in [-0.2, -0.15) is 0 Å². The maximum Gasteiger partial charge on any atom is 0.143 e. The Morgan fingerprint density at radius 2 is 2.06 bits per heavy atom. The predicted octanol–water partition coefficient (Wildman–Crippen LogP) is 2.62. The quantitative estimate of drug-likeness (QED) is 0.628. The van der Waals surface area contributed by atoms with Gasteiger partial charge in [0, 0.05) is 18.2 Å². The molecule has 2 aromatic rings. The fourth-order valence-corrected chi connectivity index (χ4v) is 1.74. The molecule has 0 aliphatic rings. The van der Waals surface area contributed by atoms with Gasteiger partial charge in [0.2, 0.25) is 0 Å². The Morgan fingerprint density at radius 3 is 2.89 bits per heavy atom. The first-order valence-electron chi connectivity index (χ1n) is 6.16. The molecule has 2 rings (SSSR count). The number of nitrogens with two attached hydrogens (primary N) is 1. The van der Waals surface area contributed by atoms with Crippen LogP contribution in [0.25, 0.3) is 10.9 Å². The maximum absolute atomic E-state index is 6.05. The lowest BCUT2D eigenvalue weighted by Crippen LogP contribution is -2.08. The minimum Gasteiger partial charge on any atom is -0.489 e. The van der Waals surface area contributed by atoms with Crippen LogP contribution in [0.4, 0.5) is 5.69 Å². The highest BCUT2D eigenvalue weighted by Crippen LogP contribution is 2.29. The summed E-state index contributed by atoms with van der Waals surface area (Å²) in [5, 5.41) is 0.921. The van der Waals surface area contributed by atoms with Crippen LogP contribution in [0.1, 0.15) is 13.3 Å². The first kappa shape index (κ1) is 12.6. The maximum atomic E-state index is 6.05. The zero-order valence-electron chi connectivity index (χ0n) is 10.6. The summed E-state index contributed by atoms with van der Waals surface area (Å²) in [6, 6.07) is 7.57. The van der Waals surface area contributed by atoms with Crippen molar-refractivity contribution in [1.82, 2.24) is 4.98 Å². The summed E-state index contributed by atoms with van der Waals surface area (Å²) in [5.41, 5.74) is 7.57. The molecule has 0 atom stereocenters. The number of hydrogen-bond acceptors (Lipinski definition) is 4. The lowest BCUT2D eigenvalue weighted by atomic mass is 10.2. The summed E-state index contributed by atoms with van der Waals surface area (Å²) in [6.45, 7) is 3.93. The Labute approximate surface area is 107 Å². The van der Waals surface area contributed by atoms with Crippen molar-refractivity contribution >= 4 is 16.6 Å². The summed E-state index contributed by atoms with van der Waals surface area (Å²) in [4.78, 5) is 4.24. The second-order valence-corrected chi connectivity index (χ2v) is 4.01. The molecular weight excluding hydrogens is 228 g/mol. The first-order valence-corrected chi connectivity index (χ1v) is 6.16. The molecule has 0 spiro atoms. The third kappa shape index (κ3) is 2.90. The van der Waals surface area contributed by atoms with Crippen molar-refractivity contribution in [2.24, 2.45) is 0 Å². The summed E-state index contributed by atoms with van der Waals surface area (Å²) in [7, 11) is 0. The summed E-state index contributed by atoms with van der Waals surface area (Å²) in [6.07, 6.45) is 2.77. The molecule has 0 saturated carbocycles. The van der Waals surface area contributed by atoms with E-state index in [4.69, 9.17) is 15.2 Å². The highest BCUT2D eigenvalue weighted by atomic mass is 16.5. The molecule has 0 aliphatic carbocycles. The Hall–Kier alpha value is -1.81. The number of rotatable bonds is 6. The third-order valence-electron chi connectivity index (χ3n) is 2.62. The number of nitrogens with zero attached hydrogens (tertiary/aromatic N) is 1. The van der Waals surface area contributed by atoms with E-state index in [0.717, 1.165) is 23.9 Å². The number of benzene rings is 1. The molecule has 0 unspecified atom stereocenters. The molecule has 2 N–H and O–H groups in total. The predicted molar refractivity (Wildman–Crippen MR) is 72.8 cm³/mol. The smallest absolute Gasteiger partial charge is 0.143 e. The van der Waals surface area contributed by atoms with Gasteiger partial charge in [-0.25, -0.2) is 0 Å². The Kier molecular flexibility index (Phi) is 4.36. The van der Waals surface area contributed by atoms with E-state index in [2.05, 4.69) is 11.9 Å². The number of fused-ring (bicyclic) bond motifs is 1. The molecule has 0 bridgehead atoms. The average Bonchev–Trinajstić information content (AvgIpc) is 2.41. The topological polar surface area (TPSA) is 57.4 Å². The van der Waals surface area contributed by atoms with Gasteiger partial charge in [-0.1, -0.05) is 6.92 Å². The number of anilines is 1. The highest BCUT2D eigenvalue weighted by Gasteiger charge is 2.05. The first-order chi connectivity index (χ1) is 8.83. The molecule has 1 aromatic carbocycles. The minimum atomic E-state index is 0.510. The SMILES string of the molecule is CCCOCCOc1ccc2ncccc2c1N. The zero-order chi connectivity index (χ0) is 12.8. The number of nitrogen functional groups attached to an aromatic ring is 1. The largest absolute Gasteiger partial charge is 0.489 e. The van der Waals surface area contributed by atoms with Gasteiger partial charge in [0.25, 0.3) is 0 Å². The van der Waals surface area contributed by atoms with E-state index in [1.54, 1.807) is 6.20 Å². The van der Waals surface area contributed by atoms with E-state index in [1.807, 2.05) is 24.3 Å². The van der Waals surface area contributed by atoms with Crippen molar-refractivity contribution < 1.29 is 9.47 Å².